The van der Waals surface area contributed by atoms with Crippen LogP contribution in [0.15, 0.2) is 42.5 Å². The van der Waals surface area contributed by atoms with Crippen molar-refractivity contribution >= 4 is 29.6 Å². The van der Waals surface area contributed by atoms with E-state index in [2.05, 4.69) is 15.5 Å². The minimum atomic E-state index is -1.35. The summed E-state index contributed by atoms with van der Waals surface area (Å²) in [4.78, 5) is 71.3. The summed E-state index contributed by atoms with van der Waals surface area (Å²) in [5, 5.41) is 21.5. The van der Waals surface area contributed by atoms with Crippen LogP contribution in [0.25, 0.3) is 16.9 Å². The van der Waals surface area contributed by atoms with E-state index in [4.69, 9.17) is 14.6 Å². The van der Waals surface area contributed by atoms with Gasteiger partial charge < -0.3 is 39.9 Å². The smallest absolute Gasteiger partial charge is 0.330 e. The van der Waals surface area contributed by atoms with Crippen LogP contribution in [0, 0.1) is 23.7 Å². The average molecular weight is 870 g/mol. The Morgan fingerprint density at radius 3 is 2.00 bits per heavy atom. The van der Waals surface area contributed by atoms with Gasteiger partial charge in [-0.3, -0.25) is 19.2 Å². The molecule has 0 unspecified atom stereocenters. The Kier molecular flexibility index (Phi) is 15.2. The van der Waals surface area contributed by atoms with Gasteiger partial charge in [-0.1, -0.05) is 19.9 Å². The molecule has 0 saturated heterocycles. The number of nitrogens with one attached hydrogen (secondary N) is 2. The van der Waals surface area contributed by atoms with E-state index in [1.54, 1.807) is 54.9 Å². The van der Waals surface area contributed by atoms with Crippen LogP contribution in [0.3, 0.4) is 0 Å². The van der Waals surface area contributed by atoms with Gasteiger partial charge in [0.2, 0.25) is 11.8 Å². The number of carboxylic acid groups (broad SMARTS) is 1. The lowest BCUT2D eigenvalue weighted by Gasteiger charge is -2.59. The molecule has 1 heterocycles. The van der Waals surface area contributed by atoms with Gasteiger partial charge in [-0.05, 0) is 144 Å². The van der Waals surface area contributed by atoms with Gasteiger partial charge in [0.1, 0.15) is 17.0 Å². The number of nitrogens with zero attached hydrogens (tertiary/aromatic N) is 5. The maximum Gasteiger partial charge on any atom is 0.330 e. The molecule has 342 valence electrons. The SMILES string of the molecule is CCNC(=O)CCC(=O)N(C)CCCN(C)CCCN(C)C(=O)c1ccc(-n2nc(C(=O)NC3(C(=O)O)C4CC5CC(C4)CC3C5)cc2-c2c(OC)cccc2OC)c(C(C)C)c1. The molecular weight excluding hydrogens is 803 g/mol. The molecule has 0 aliphatic heterocycles. The maximum atomic E-state index is 14.4. The van der Waals surface area contributed by atoms with Crippen molar-refractivity contribution in [3.63, 3.8) is 0 Å². The summed E-state index contributed by atoms with van der Waals surface area (Å²) in [6, 6.07) is 12.6. The molecule has 1 aromatic heterocycles. The number of aromatic nitrogens is 2. The van der Waals surface area contributed by atoms with Crippen LogP contribution in [0.2, 0.25) is 0 Å². The normalized spacial score (nSPS) is 21.0. The van der Waals surface area contributed by atoms with Crippen molar-refractivity contribution in [2.75, 3.05) is 68.1 Å². The third-order valence-electron chi connectivity index (χ3n) is 13.6. The Labute approximate surface area is 371 Å². The second-order valence-electron chi connectivity index (χ2n) is 18.2. The first-order valence-corrected chi connectivity index (χ1v) is 22.6. The van der Waals surface area contributed by atoms with Crippen LogP contribution < -0.4 is 20.1 Å². The number of benzene rings is 2. The summed E-state index contributed by atoms with van der Waals surface area (Å²) < 4.78 is 13.3. The topological polar surface area (TPSA) is 176 Å². The zero-order valence-corrected chi connectivity index (χ0v) is 38.4. The lowest BCUT2D eigenvalue weighted by Crippen LogP contribution is -2.70. The molecule has 4 saturated carbocycles. The number of rotatable bonds is 21. The summed E-state index contributed by atoms with van der Waals surface area (Å²) in [5.74, 6) is -0.0889. The minimum Gasteiger partial charge on any atom is -0.496 e. The van der Waals surface area contributed by atoms with Gasteiger partial charge >= 0.3 is 5.97 Å². The number of carbonyl (C=O) groups excluding carboxylic acids is 4. The van der Waals surface area contributed by atoms with Crippen LogP contribution >= 0.6 is 0 Å². The quantitative estimate of drug-likeness (QED) is 0.118. The molecular formula is C48H67N7O8. The standard InChI is InChI=1S/C48H67N7O8/c1-9-49-42(56)17-18-43(57)53(5)21-11-19-52(4)20-12-22-54(6)46(59)33-15-16-38(36(28-33)30(2)3)55-39(44-40(62-7)13-10-14-41(44)63-8)29-37(51-55)45(58)50-48(47(60)61)34-24-31-23-32(26-34)27-35(48)25-31/h10,13-16,28-32,34-35H,9,11-12,17-27H2,1-8H3,(H,49,56)(H,50,58)(H,60,61). The van der Waals surface area contributed by atoms with Crippen LogP contribution in [0.5, 0.6) is 11.5 Å². The molecule has 4 aliphatic rings. The van der Waals surface area contributed by atoms with E-state index in [9.17, 15) is 29.1 Å². The number of carboxylic acids is 1. The van der Waals surface area contributed by atoms with E-state index in [1.165, 1.54) is 0 Å². The third kappa shape index (κ3) is 10.2. The van der Waals surface area contributed by atoms with E-state index >= 15 is 0 Å². The minimum absolute atomic E-state index is 0.0467. The Morgan fingerprint density at radius 2 is 1.44 bits per heavy atom. The molecule has 7 rings (SSSR count). The average Bonchev–Trinajstić information content (AvgIpc) is 3.70. The molecule has 0 atom stereocenters. The summed E-state index contributed by atoms with van der Waals surface area (Å²) in [5.41, 5.74) is 1.81. The zero-order valence-electron chi connectivity index (χ0n) is 38.4. The number of carbonyl (C=O) groups is 5. The van der Waals surface area contributed by atoms with E-state index in [0.29, 0.717) is 65.5 Å². The molecule has 3 aromatic rings. The fourth-order valence-electron chi connectivity index (χ4n) is 10.5. The molecule has 4 bridgehead atoms. The molecule has 2 aromatic carbocycles. The Bertz CT molecular complexity index is 2100. The number of hydrogen-bond donors (Lipinski definition) is 3. The second-order valence-corrected chi connectivity index (χ2v) is 18.2. The summed E-state index contributed by atoms with van der Waals surface area (Å²) in [6.45, 7) is 9.16. The third-order valence-corrected chi connectivity index (χ3v) is 13.6. The number of ether oxygens (including phenoxy) is 2. The molecule has 4 fully saturated rings. The van der Waals surface area contributed by atoms with Crippen molar-refractivity contribution in [3.05, 3.63) is 59.3 Å². The molecule has 4 amide bonds. The lowest BCUT2D eigenvalue weighted by atomic mass is 9.48. The van der Waals surface area contributed by atoms with Crippen LogP contribution in [0.1, 0.15) is 111 Å². The Morgan fingerprint density at radius 1 is 0.841 bits per heavy atom. The van der Waals surface area contributed by atoms with Crippen LogP contribution in [0.4, 0.5) is 0 Å². The van der Waals surface area contributed by atoms with Gasteiger partial charge in [-0.2, -0.15) is 5.10 Å². The largest absolute Gasteiger partial charge is 0.496 e. The monoisotopic (exact) mass is 870 g/mol. The first kappa shape index (κ1) is 47.0. The van der Waals surface area contributed by atoms with Gasteiger partial charge in [0.25, 0.3) is 11.8 Å². The van der Waals surface area contributed by atoms with Crippen molar-refractivity contribution in [2.45, 2.75) is 90.0 Å². The Hall–Kier alpha value is -5.44. The fourth-order valence-corrected chi connectivity index (χ4v) is 10.5. The molecule has 3 N–H and O–H groups in total. The first-order chi connectivity index (χ1) is 30.1. The summed E-state index contributed by atoms with van der Waals surface area (Å²) in [7, 11) is 8.71. The van der Waals surface area contributed by atoms with Gasteiger partial charge in [-0.25, -0.2) is 9.48 Å². The number of methoxy groups -OCH3 is 2. The van der Waals surface area contributed by atoms with Crippen molar-refractivity contribution in [1.82, 2.24) is 35.1 Å². The first-order valence-electron chi connectivity index (χ1n) is 22.6. The lowest BCUT2D eigenvalue weighted by molar-refractivity contribution is -0.163. The predicted molar refractivity (Wildman–Crippen MR) is 240 cm³/mol. The van der Waals surface area contributed by atoms with Crippen molar-refractivity contribution in [3.8, 4) is 28.4 Å². The molecule has 0 spiro atoms. The molecule has 0 radical (unpaired) electrons. The molecule has 15 nitrogen and oxygen atoms in total. The van der Waals surface area contributed by atoms with E-state index in [1.807, 2.05) is 58.2 Å². The highest BCUT2D eigenvalue weighted by atomic mass is 16.5. The zero-order chi connectivity index (χ0) is 45.6. The summed E-state index contributed by atoms with van der Waals surface area (Å²) in [6.07, 6.45) is 6.30. The van der Waals surface area contributed by atoms with Crippen LogP contribution in [-0.2, 0) is 14.4 Å². The van der Waals surface area contributed by atoms with Crippen molar-refractivity contribution in [1.29, 1.82) is 0 Å². The van der Waals surface area contributed by atoms with E-state index < -0.39 is 17.4 Å². The molecule has 4 aliphatic carbocycles. The molecule has 15 heteroatoms. The highest BCUT2D eigenvalue weighted by Gasteiger charge is 2.62. The highest BCUT2D eigenvalue weighted by molar-refractivity contribution is 5.98. The number of aliphatic carboxylic acids is 1. The maximum absolute atomic E-state index is 14.4. The Balaban J connectivity index is 1.18. The van der Waals surface area contributed by atoms with Gasteiger partial charge in [0.15, 0.2) is 5.69 Å². The van der Waals surface area contributed by atoms with E-state index in [-0.39, 0.29) is 54.0 Å². The van der Waals surface area contributed by atoms with Crippen molar-refractivity contribution < 1.29 is 38.6 Å². The summed E-state index contributed by atoms with van der Waals surface area (Å²) >= 11 is 0. The number of hydrogen-bond acceptors (Lipinski definition) is 9. The highest BCUT2D eigenvalue weighted by Crippen LogP contribution is 2.58. The fraction of sp³-hybridized carbons (Fsp3) is 0.583. The van der Waals surface area contributed by atoms with Gasteiger partial charge in [0.05, 0.1) is 31.2 Å². The van der Waals surface area contributed by atoms with Crippen LogP contribution in [-0.4, -0.2) is 133 Å². The second kappa shape index (κ2) is 20.4. The molecule has 63 heavy (non-hydrogen) atoms. The van der Waals surface area contributed by atoms with E-state index in [0.717, 1.165) is 63.6 Å². The van der Waals surface area contributed by atoms with Gasteiger partial charge in [0, 0.05) is 52.1 Å². The predicted octanol–water partition coefficient (Wildman–Crippen LogP) is 5.85. The van der Waals surface area contributed by atoms with Crippen molar-refractivity contribution in [2.24, 2.45) is 23.7 Å². The van der Waals surface area contributed by atoms with Gasteiger partial charge in [-0.15, -0.1) is 0 Å². The number of amides is 4.